The number of carbonyl (C=O) groups is 1. The van der Waals surface area contributed by atoms with Gasteiger partial charge >= 0.3 is 6.03 Å². The van der Waals surface area contributed by atoms with Crippen molar-refractivity contribution in [1.29, 1.82) is 0 Å². The van der Waals surface area contributed by atoms with E-state index in [0.717, 1.165) is 5.75 Å². The molecule has 1 aromatic heterocycles. The van der Waals surface area contributed by atoms with Crippen molar-refractivity contribution in [3.8, 4) is 5.75 Å². The lowest BCUT2D eigenvalue weighted by molar-refractivity contribution is -0.578. The Morgan fingerprint density at radius 2 is 1.00 bits per heavy atom. The molecule has 5 nitrogen and oxygen atoms in total. The lowest BCUT2D eigenvalue weighted by Crippen LogP contribution is -2.74. The molecule has 0 saturated carbocycles. The van der Waals surface area contributed by atoms with Gasteiger partial charge in [-0.25, -0.2) is 4.90 Å². The molecule has 206 valence electrons. The standard InChI is InChI=1S/C24H20B.C11H15N2O3/c1-5-13-21(14-6-1)25(22-15-7-2-8-16-22,23-17-9-3-10-18-23)24-19-11-4-12-20-24;1-15-10-2-4-12(5-3-10)11(14)13-6-8-16-9-7-13/h1-20H;2-5H,6-9H2,1H3/q-1;+1. The monoisotopic (exact) mass is 542 g/mol. The van der Waals surface area contributed by atoms with Crippen LogP contribution in [0.3, 0.4) is 0 Å². The number of methoxy groups -OCH3 is 1. The average molecular weight is 542 g/mol. The van der Waals surface area contributed by atoms with Crippen LogP contribution in [0.1, 0.15) is 0 Å². The maximum absolute atomic E-state index is 12.0. The van der Waals surface area contributed by atoms with Crippen LogP contribution in [0.2, 0.25) is 0 Å². The van der Waals surface area contributed by atoms with E-state index < -0.39 is 6.15 Å². The van der Waals surface area contributed by atoms with Gasteiger partial charge in [-0.15, -0.1) is 0 Å². The summed E-state index contributed by atoms with van der Waals surface area (Å²) in [5.41, 5.74) is 5.36. The number of amides is 1. The molecule has 0 aliphatic carbocycles. The molecule has 1 amide bonds. The number of carbonyl (C=O) groups excluding carboxylic acids is 1. The second-order valence-electron chi connectivity index (χ2n) is 10.0. The summed E-state index contributed by atoms with van der Waals surface area (Å²) >= 11 is 0. The molecular formula is C35H35BN2O3. The van der Waals surface area contributed by atoms with Crippen molar-refractivity contribution in [2.45, 2.75) is 0 Å². The third-order valence-corrected chi connectivity index (χ3v) is 7.74. The van der Waals surface area contributed by atoms with Gasteiger partial charge in [0.15, 0.2) is 0 Å². The van der Waals surface area contributed by atoms with Crippen LogP contribution in [0, 0.1) is 0 Å². The topological polar surface area (TPSA) is 42.7 Å². The lowest BCUT2D eigenvalue weighted by atomic mass is 9.13. The van der Waals surface area contributed by atoms with Crippen LogP contribution in [0.25, 0.3) is 0 Å². The van der Waals surface area contributed by atoms with Gasteiger partial charge in [0.25, 0.3) is 0 Å². The molecule has 6 rings (SSSR count). The van der Waals surface area contributed by atoms with E-state index in [-0.39, 0.29) is 6.03 Å². The first-order valence-electron chi connectivity index (χ1n) is 14.0. The zero-order valence-corrected chi connectivity index (χ0v) is 23.4. The number of hydrogen-bond donors (Lipinski definition) is 0. The highest BCUT2D eigenvalue weighted by atomic mass is 16.5. The van der Waals surface area contributed by atoms with Crippen LogP contribution in [-0.4, -0.2) is 50.5 Å². The molecule has 1 saturated heterocycles. The van der Waals surface area contributed by atoms with Crippen LogP contribution in [0.4, 0.5) is 4.79 Å². The molecule has 0 radical (unpaired) electrons. The number of pyridine rings is 1. The molecule has 41 heavy (non-hydrogen) atoms. The van der Waals surface area contributed by atoms with E-state index in [1.807, 2.05) is 0 Å². The molecule has 1 aliphatic rings. The molecule has 2 heterocycles. The smallest absolute Gasteiger partial charge is 0.496 e. The Balaban J connectivity index is 0.000000182. The fourth-order valence-electron chi connectivity index (χ4n) is 5.72. The highest BCUT2D eigenvalue weighted by Gasteiger charge is 2.31. The summed E-state index contributed by atoms with van der Waals surface area (Å²) in [6.45, 7) is 2.53. The average Bonchev–Trinajstić information content (AvgIpc) is 3.08. The number of morpholine rings is 1. The third-order valence-electron chi connectivity index (χ3n) is 7.74. The third kappa shape index (κ3) is 6.23. The Labute approximate surface area is 242 Å². The SMILES string of the molecule is COc1cc[n+](C(=O)N2CCOCC2)cc1.c1ccc([B-](c2ccccc2)(c2ccccc2)c2ccccc2)cc1. The number of nitrogens with zero attached hydrogens (tertiary/aromatic N) is 2. The normalized spacial score (nSPS) is 13.0. The summed E-state index contributed by atoms with van der Waals surface area (Å²) < 4.78 is 11.8. The first kappa shape index (κ1) is 27.9. The Bertz CT molecular complexity index is 1330. The first-order chi connectivity index (χ1) is 20.2. The fraction of sp³-hybridized carbons (Fsp3) is 0.143. The molecule has 0 atom stereocenters. The number of ether oxygens (including phenoxy) is 2. The number of rotatable bonds is 5. The molecular weight excluding hydrogens is 507 g/mol. The Morgan fingerprint density at radius 3 is 1.34 bits per heavy atom. The van der Waals surface area contributed by atoms with Gasteiger partial charge in [-0.05, 0) is 0 Å². The van der Waals surface area contributed by atoms with Crippen molar-refractivity contribution in [2.75, 3.05) is 33.4 Å². The van der Waals surface area contributed by atoms with Gasteiger partial charge in [0.2, 0.25) is 0 Å². The highest BCUT2D eigenvalue weighted by molar-refractivity contribution is 7.19. The summed E-state index contributed by atoms with van der Waals surface area (Å²) in [4.78, 5) is 13.8. The van der Waals surface area contributed by atoms with Gasteiger partial charge in [-0.1, -0.05) is 121 Å². The predicted octanol–water partition coefficient (Wildman–Crippen LogP) is 3.35. The van der Waals surface area contributed by atoms with Crippen molar-refractivity contribution in [1.82, 2.24) is 4.90 Å². The molecule has 1 aliphatic heterocycles. The van der Waals surface area contributed by atoms with Gasteiger partial charge < -0.3 is 9.47 Å². The van der Waals surface area contributed by atoms with E-state index in [1.54, 1.807) is 41.1 Å². The van der Waals surface area contributed by atoms with Crippen LogP contribution in [0.5, 0.6) is 5.75 Å². The van der Waals surface area contributed by atoms with Gasteiger partial charge in [-0.3, -0.25) is 0 Å². The van der Waals surface area contributed by atoms with E-state index in [2.05, 4.69) is 121 Å². The van der Waals surface area contributed by atoms with Crippen LogP contribution >= 0.6 is 0 Å². The number of benzene rings is 4. The first-order valence-corrected chi connectivity index (χ1v) is 14.0. The minimum absolute atomic E-state index is 0.0223. The van der Waals surface area contributed by atoms with Gasteiger partial charge in [0, 0.05) is 12.1 Å². The molecule has 4 aromatic carbocycles. The van der Waals surface area contributed by atoms with Crippen molar-refractivity contribution >= 4 is 34.0 Å². The summed E-state index contributed by atoms with van der Waals surface area (Å²) in [5, 5.41) is 0. The van der Waals surface area contributed by atoms with Crippen molar-refractivity contribution in [2.24, 2.45) is 0 Å². The zero-order valence-electron chi connectivity index (χ0n) is 23.4. The van der Waals surface area contributed by atoms with E-state index in [0.29, 0.717) is 26.3 Å². The van der Waals surface area contributed by atoms with Crippen LogP contribution in [0.15, 0.2) is 146 Å². The number of aromatic nitrogens is 1. The zero-order chi connectivity index (χ0) is 28.3. The minimum Gasteiger partial charge on any atom is -0.496 e. The van der Waals surface area contributed by atoms with Crippen molar-refractivity contribution in [3.05, 3.63) is 146 Å². The van der Waals surface area contributed by atoms with Crippen LogP contribution in [-0.2, 0) is 4.74 Å². The summed E-state index contributed by atoms with van der Waals surface area (Å²) in [5.74, 6) is 0.742. The van der Waals surface area contributed by atoms with E-state index in [1.165, 1.54) is 21.9 Å². The van der Waals surface area contributed by atoms with Crippen molar-refractivity contribution < 1.29 is 18.8 Å². The Morgan fingerprint density at radius 1 is 0.634 bits per heavy atom. The molecule has 6 heteroatoms. The molecule has 0 N–H and O–H groups in total. The predicted molar refractivity (Wildman–Crippen MR) is 166 cm³/mol. The van der Waals surface area contributed by atoms with Crippen LogP contribution < -0.4 is 31.2 Å². The summed E-state index contributed by atoms with van der Waals surface area (Å²) in [6, 6.07) is 47.0. The Hall–Kier alpha value is -4.68. The second-order valence-corrected chi connectivity index (χ2v) is 10.0. The van der Waals surface area contributed by atoms with E-state index in [9.17, 15) is 4.79 Å². The van der Waals surface area contributed by atoms with Gasteiger partial charge in [0.05, 0.1) is 20.3 Å². The molecule has 5 aromatic rings. The lowest BCUT2D eigenvalue weighted by Gasteiger charge is -2.44. The summed E-state index contributed by atoms with van der Waals surface area (Å²) in [7, 11) is 1.60. The Kier molecular flexibility index (Phi) is 9.24. The maximum atomic E-state index is 12.0. The minimum atomic E-state index is -1.22. The molecule has 0 unspecified atom stereocenters. The van der Waals surface area contributed by atoms with Crippen molar-refractivity contribution in [3.63, 3.8) is 0 Å². The van der Waals surface area contributed by atoms with Gasteiger partial charge in [0.1, 0.15) is 37.4 Å². The molecule has 1 fully saturated rings. The largest absolute Gasteiger partial charge is 0.498 e. The van der Waals surface area contributed by atoms with E-state index in [4.69, 9.17) is 9.47 Å². The second kappa shape index (κ2) is 13.6. The molecule has 0 spiro atoms. The highest BCUT2D eigenvalue weighted by Crippen LogP contribution is 2.09. The number of hydrogen-bond acceptors (Lipinski definition) is 3. The quantitative estimate of drug-likeness (QED) is 0.253. The molecule has 0 bridgehead atoms. The van der Waals surface area contributed by atoms with E-state index >= 15 is 0 Å². The summed E-state index contributed by atoms with van der Waals surface area (Å²) in [6.07, 6.45) is 2.19. The van der Waals surface area contributed by atoms with Gasteiger partial charge in [-0.2, -0.15) is 31.2 Å². The fourth-order valence-corrected chi connectivity index (χ4v) is 5.72. The maximum Gasteiger partial charge on any atom is 0.498 e.